The Morgan fingerprint density at radius 1 is 1.11 bits per heavy atom. The third-order valence-corrected chi connectivity index (χ3v) is 5.22. The van der Waals surface area contributed by atoms with Crippen molar-refractivity contribution in [1.29, 1.82) is 5.26 Å². The van der Waals surface area contributed by atoms with E-state index in [1.54, 1.807) is 41.2 Å². The van der Waals surface area contributed by atoms with Gasteiger partial charge in [-0.25, -0.2) is 9.97 Å². The fraction of sp³-hybridized carbons (Fsp3) is 0.167. The van der Waals surface area contributed by atoms with E-state index >= 15 is 0 Å². The van der Waals surface area contributed by atoms with Crippen molar-refractivity contribution >= 4 is 11.6 Å². The molecule has 3 heterocycles. The monoisotopic (exact) mass is 481 g/mol. The Balaban J connectivity index is 1.76. The second kappa shape index (κ2) is 9.34. The molecule has 4 rings (SSSR count). The Bertz CT molecular complexity index is 1430. The van der Waals surface area contributed by atoms with Crippen molar-refractivity contribution in [2.45, 2.75) is 6.18 Å². The van der Waals surface area contributed by atoms with E-state index in [4.69, 9.17) is 9.47 Å². The number of nitriles is 1. The zero-order chi connectivity index (χ0) is 25.2. The third kappa shape index (κ3) is 4.72. The molecule has 178 valence electrons. The van der Waals surface area contributed by atoms with Gasteiger partial charge in [-0.1, -0.05) is 0 Å². The number of benzene rings is 1. The van der Waals surface area contributed by atoms with Crippen molar-refractivity contribution in [1.82, 2.24) is 19.7 Å². The molecule has 0 fully saturated rings. The summed E-state index contributed by atoms with van der Waals surface area (Å²) in [5.41, 5.74) is 3.32. The first-order valence-electron chi connectivity index (χ1n) is 10.2. The number of pyridine rings is 2. The Hall–Kier alpha value is -4.59. The SMILES string of the molecule is COc1cc(-c2cnc3cc(-c4cccnc4C#N)ccn23)cc(OC)c1C(=O)NCC(F)(F)F. The van der Waals surface area contributed by atoms with Crippen LogP contribution >= 0.6 is 0 Å². The van der Waals surface area contributed by atoms with Gasteiger partial charge in [0.2, 0.25) is 0 Å². The topological polar surface area (TPSA) is 102 Å². The number of nitrogens with one attached hydrogen (secondary N) is 1. The van der Waals surface area contributed by atoms with Crippen LogP contribution in [0.15, 0.2) is 55.0 Å². The summed E-state index contributed by atoms with van der Waals surface area (Å²) in [5, 5.41) is 11.2. The Kier molecular flexibility index (Phi) is 6.29. The molecule has 0 aliphatic rings. The van der Waals surface area contributed by atoms with Gasteiger partial charge in [0.05, 0.1) is 26.1 Å². The van der Waals surface area contributed by atoms with Gasteiger partial charge in [-0.3, -0.25) is 9.20 Å². The van der Waals surface area contributed by atoms with Gasteiger partial charge in [0.25, 0.3) is 5.91 Å². The van der Waals surface area contributed by atoms with Crippen molar-refractivity contribution in [2.75, 3.05) is 20.8 Å². The van der Waals surface area contributed by atoms with Crippen LogP contribution in [0.2, 0.25) is 0 Å². The van der Waals surface area contributed by atoms with E-state index in [2.05, 4.69) is 16.0 Å². The van der Waals surface area contributed by atoms with E-state index in [1.807, 2.05) is 11.4 Å². The van der Waals surface area contributed by atoms with Gasteiger partial charge < -0.3 is 14.8 Å². The first-order valence-corrected chi connectivity index (χ1v) is 10.2. The molecule has 0 bridgehead atoms. The van der Waals surface area contributed by atoms with E-state index in [0.717, 1.165) is 5.56 Å². The molecule has 0 aliphatic carbocycles. The van der Waals surface area contributed by atoms with Crippen LogP contribution in [-0.2, 0) is 0 Å². The molecule has 0 saturated heterocycles. The molecule has 1 aromatic carbocycles. The number of ether oxygens (including phenoxy) is 2. The molecule has 35 heavy (non-hydrogen) atoms. The van der Waals surface area contributed by atoms with Crippen LogP contribution in [-0.4, -0.2) is 47.2 Å². The average Bonchev–Trinajstić information content (AvgIpc) is 3.29. The van der Waals surface area contributed by atoms with Gasteiger partial charge in [0.15, 0.2) is 0 Å². The van der Waals surface area contributed by atoms with E-state index in [1.165, 1.54) is 26.4 Å². The Labute approximate surface area is 197 Å². The summed E-state index contributed by atoms with van der Waals surface area (Å²) in [6.45, 7) is -1.49. The molecule has 1 N–H and O–H groups in total. The minimum Gasteiger partial charge on any atom is -0.496 e. The van der Waals surface area contributed by atoms with Crippen LogP contribution in [0.25, 0.3) is 28.0 Å². The summed E-state index contributed by atoms with van der Waals surface area (Å²) in [4.78, 5) is 21.0. The van der Waals surface area contributed by atoms with Gasteiger partial charge in [0.1, 0.15) is 41.0 Å². The predicted octanol–water partition coefficient (Wildman–Crippen LogP) is 4.24. The lowest BCUT2D eigenvalue weighted by molar-refractivity contribution is -0.123. The maximum atomic E-state index is 12.6. The molecule has 0 saturated carbocycles. The summed E-state index contributed by atoms with van der Waals surface area (Å²) < 4.78 is 50.1. The fourth-order valence-corrected chi connectivity index (χ4v) is 3.64. The number of nitrogens with zero attached hydrogens (tertiary/aromatic N) is 4. The highest BCUT2D eigenvalue weighted by molar-refractivity contribution is 6.00. The van der Waals surface area contributed by atoms with E-state index < -0.39 is 18.6 Å². The first kappa shape index (κ1) is 23.6. The molecular formula is C24H18F3N5O3. The van der Waals surface area contributed by atoms with E-state index in [0.29, 0.717) is 22.5 Å². The lowest BCUT2D eigenvalue weighted by Crippen LogP contribution is -2.34. The summed E-state index contributed by atoms with van der Waals surface area (Å²) in [5.74, 6) is -0.894. The van der Waals surface area contributed by atoms with Crippen molar-refractivity contribution in [3.8, 4) is 40.0 Å². The number of halogens is 3. The number of carbonyl (C=O) groups excluding carboxylic acids is 1. The van der Waals surface area contributed by atoms with Crippen molar-refractivity contribution in [3.05, 3.63) is 66.2 Å². The summed E-state index contributed by atoms with van der Waals surface area (Å²) in [7, 11) is 2.61. The molecule has 0 radical (unpaired) electrons. The normalized spacial score (nSPS) is 11.2. The lowest BCUT2D eigenvalue weighted by atomic mass is 10.0. The fourth-order valence-electron chi connectivity index (χ4n) is 3.64. The summed E-state index contributed by atoms with van der Waals surface area (Å²) in [6, 6.07) is 12.3. The average molecular weight is 481 g/mol. The molecule has 0 unspecified atom stereocenters. The van der Waals surface area contributed by atoms with Crippen LogP contribution in [0, 0.1) is 11.3 Å². The van der Waals surface area contributed by atoms with Crippen LogP contribution in [0.3, 0.4) is 0 Å². The van der Waals surface area contributed by atoms with Gasteiger partial charge in [-0.2, -0.15) is 18.4 Å². The predicted molar refractivity (Wildman–Crippen MR) is 120 cm³/mol. The van der Waals surface area contributed by atoms with Crippen LogP contribution in [0.5, 0.6) is 11.5 Å². The summed E-state index contributed by atoms with van der Waals surface area (Å²) >= 11 is 0. The number of methoxy groups -OCH3 is 2. The number of hydrogen-bond donors (Lipinski definition) is 1. The van der Waals surface area contributed by atoms with Crippen LogP contribution < -0.4 is 14.8 Å². The molecule has 4 aromatic rings. The van der Waals surface area contributed by atoms with E-state index in [-0.39, 0.29) is 22.8 Å². The number of hydrogen-bond acceptors (Lipinski definition) is 6. The number of fused-ring (bicyclic) bond motifs is 1. The zero-order valence-electron chi connectivity index (χ0n) is 18.6. The molecule has 8 nitrogen and oxygen atoms in total. The number of amides is 1. The number of alkyl halides is 3. The van der Waals surface area contributed by atoms with Crippen LogP contribution in [0.1, 0.15) is 16.1 Å². The van der Waals surface area contributed by atoms with Gasteiger partial charge >= 0.3 is 6.18 Å². The van der Waals surface area contributed by atoms with Crippen LogP contribution in [0.4, 0.5) is 13.2 Å². The Morgan fingerprint density at radius 2 is 1.83 bits per heavy atom. The third-order valence-electron chi connectivity index (χ3n) is 5.22. The van der Waals surface area contributed by atoms with Crippen molar-refractivity contribution in [3.63, 3.8) is 0 Å². The number of aromatic nitrogens is 3. The largest absolute Gasteiger partial charge is 0.496 e. The lowest BCUT2D eigenvalue weighted by Gasteiger charge is -2.16. The number of rotatable bonds is 6. The van der Waals surface area contributed by atoms with Gasteiger partial charge in [-0.05, 0) is 42.0 Å². The molecule has 1 amide bonds. The maximum Gasteiger partial charge on any atom is 0.405 e. The molecule has 11 heteroatoms. The first-order chi connectivity index (χ1) is 16.8. The second-order valence-electron chi connectivity index (χ2n) is 7.35. The minimum atomic E-state index is -4.56. The Morgan fingerprint density at radius 3 is 2.46 bits per heavy atom. The number of imidazole rings is 1. The van der Waals surface area contributed by atoms with Crippen molar-refractivity contribution in [2.24, 2.45) is 0 Å². The van der Waals surface area contributed by atoms with Crippen molar-refractivity contribution < 1.29 is 27.4 Å². The molecular weight excluding hydrogens is 463 g/mol. The summed E-state index contributed by atoms with van der Waals surface area (Å²) in [6.07, 6.45) is 0.354. The standard InChI is InChI=1S/C24H18F3N5O3/c1-34-19-8-15(9-20(35-2)22(19)23(33)31-13-24(25,26)27)18-12-30-21-10-14(5-7-32(18)21)16-4-3-6-29-17(16)11-28/h3-10,12H,13H2,1-2H3,(H,31,33). The van der Waals surface area contributed by atoms with E-state index in [9.17, 15) is 23.2 Å². The highest BCUT2D eigenvalue weighted by Crippen LogP contribution is 2.36. The minimum absolute atomic E-state index is 0.0413. The highest BCUT2D eigenvalue weighted by atomic mass is 19.4. The van der Waals surface area contributed by atoms with Gasteiger partial charge in [0, 0.05) is 23.5 Å². The number of carbonyl (C=O) groups is 1. The smallest absolute Gasteiger partial charge is 0.405 e. The molecule has 0 spiro atoms. The zero-order valence-corrected chi connectivity index (χ0v) is 18.6. The quantitative estimate of drug-likeness (QED) is 0.442. The maximum absolute atomic E-state index is 12.6. The molecule has 0 aliphatic heterocycles. The molecule has 3 aromatic heterocycles. The molecule has 0 atom stereocenters. The second-order valence-corrected chi connectivity index (χ2v) is 7.35. The highest BCUT2D eigenvalue weighted by Gasteiger charge is 2.30. The van der Waals surface area contributed by atoms with Gasteiger partial charge in [-0.15, -0.1) is 0 Å².